The number of hydrogen-bond donors (Lipinski definition) is 0. The average Bonchev–Trinajstić information content (AvgIpc) is 2.47. The van der Waals surface area contributed by atoms with Gasteiger partial charge in [0.05, 0.1) is 22.7 Å². The van der Waals surface area contributed by atoms with Crippen LogP contribution in [0.2, 0.25) is 0 Å². The Morgan fingerprint density at radius 2 is 1.81 bits per heavy atom. The SMILES string of the molecule is COc1ccc([N+](=O)[O-])c(CS(=O)(=O)c2ccccc2)c1. The van der Waals surface area contributed by atoms with Crippen LogP contribution < -0.4 is 4.74 Å². The summed E-state index contributed by atoms with van der Waals surface area (Å²) in [6.07, 6.45) is 0. The fourth-order valence-corrected chi connectivity index (χ4v) is 3.28. The Balaban J connectivity index is 2.45. The van der Waals surface area contributed by atoms with Gasteiger partial charge in [0.15, 0.2) is 9.84 Å². The van der Waals surface area contributed by atoms with Gasteiger partial charge in [-0.05, 0) is 24.3 Å². The molecule has 0 radical (unpaired) electrons. The van der Waals surface area contributed by atoms with E-state index in [4.69, 9.17) is 4.74 Å². The van der Waals surface area contributed by atoms with Crippen molar-refractivity contribution >= 4 is 15.5 Å². The molecule has 2 aromatic carbocycles. The van der Waals surface area contributed by atoms with Gasteiger partial charge >= 0.3 is 0 Å². The number of rotatable bonds is 5. The summed E-state index contributed by atoms with van der Waals surface area (Å²) in [4.78, 5) is 10.5. The molecule has 2 aromatic rings. The maximum absolute atomic E-state index is 12.3. The van der Waals surface area contributed by atoms with Crippen molar-refractivity contribution in [3.63, 3.8) is 0 Å². The number of ether oxygens (including phenoxy) is 1. The maximum atomic E-state index is 12.3. The van der Waals surface area contributed by atoms with E-state index < -0.39 is 20.5 Å². The first kappa shape index (κ1) is 15.0. The molecule has 6 nitrogen and oxygen atoms in total. The second-order valence-electron chi connectivity index (χ2n) is 4.32. The van der Waals surface area contributed by atoms with E-state index in [0.717, 1.165) is 0 Å². The minimum absolute atomic E-state index is 0.100. The first-order chi connectivity index (χ1) is 9.94. The van der Waals surface area contributed by atoms with Crippen molar-refractivity contribution in [3.05, 3.63) is 64.2 Å². The predicted molar refractivity (Wildman–Crippen MR) is 77.0 cm³/mol. The van der Waals surface area contributed by atoms with Gasteiger partial charge in [0, 0.05) is 11.6 Å². The molecule has 2 rings (SSSR count). The van der Waals surface area contributed by atoms with Crippen LogP contribution in [0.1, 0.15) is 5.56 Å². The fourth-order valence-electron chi connectivity index (χ4n) is 1.90. The monoisotopic (exact) mass is 307 g/mol. The largest absolute Gasteiger partial charge is 0.497 e. The van der Waals surface area contributed by atoms with Gasteiger partial charge in [0.1, 0.15) is 5.75 Å². The van der Waals surface area contributed by atoms with Gasteiger partial charge < -0.3 is 4.74 Å². The summed E-state index contributed by atoms with van der Waals surface area (Å²) in [6.45, 7) is 0. The Morgan fingerprint density at radius 1 is 1.14 bits per heavy atom. The van der Waals surface area contributed by atoms with Gasteiger partial charge in [0.2, 0.25) is 0 Å². The third-order valence-corrected chi connectivity index (χ3v) is 4.61. The Kier molecular flexibility index (Phi) is 4.23. The van der Waals surface area contributed by atoms with Crippen LogP contribution >= 0.6 is 0 Å². The molecule has 0 saturated carbocycles. The topological polar surface area (TPSA) is 86.5 Å². The van der Waals surface area contributed by atoms with Crippen LogP contribution in [0.5, 0.6) is 5.75 Å². The molecule has 0 unspecified atom stereocenters. The van der Waals surface area contributed by atoms with Gasteiger partial charge in [-0.2, -0.15) is 0 Å². The summed E-state index contributed by atoms with van der Waals surface area (Å²) >= 11 is 0. The predicted octanol–water partition coefficient (Wildman–Crippen LogP) is 2.58. The second kappa shape index (κ2) is 5.92. The molecular formula is C14H13NO5S. The van der Waals surface area contributed by atoms with Crippen LogP contribution in [-0.4, -0.2) is 20.5 Å². The quantitative estimate of drug-likeness (QED) is 0.626. The summed E-state index contributed by atoms with van der Waals surface area (Å²) in [7, 11) is -2.24. The smallest absolute Gasteiger partial charge is 0.273 e. The lowest BCUT2D eigenvalue weighted by atomic mass is 10.2. The summed E-state index contributed by atoms with van der Waals surface area (Å²) < 4.78 is 29.6. The van der Waals surface area contributed by atoms with E-state index in [0.29, 0.717) is 5.75 Å². The number of nitro groups is 1. The highest BCUT2D eigenvalue weighted by Crippen LogP contribution is 2.27. The van der Waals surface area contributed by atoms with Crippen LogP contribution in [0.3, 0.4) is 0 Å². The minimum Gasteiger partial charge on any atom is -0.497 e. The molecule has 0 heterocycles. The lowest BCUT2D eigenvalue weighted by molar-refractivity contribution is -0.385. The first-order valence-electron chi connectivity index (χ1n) is 6.03. The van der Waals surface area contributed by atoms with Crippen LogP contribution in [0, 0.1) is 10.1 Å². The van der Waals surface area contributed by atoms with Gasteiger partial charge in [-0.1, -0.05) is 18.2 Å². The molecule has 0 amide bonds. The van der Waals surface area contributed by atoms with E-state index in [9.17, 15) is 18.5 Å². The number of hydrogen-bond acceptors (Lipinski definition) is 5. The van der Waals surface area contributed by atoms with Gasteiger partial charge in [0.25, 0.3) is 5.69 Å². The molecule has 0 aliphatic heterocycles. The maximum Gasteiger partial charge on any atom is 0.273 e. The highest BCUT2D eigenvalue weighted by Gasteiger charge is 2.22. The van der Waals surface area contributed by atoms with Gasteiger partial charge in [-0.3, -0.25) is 10.1 Å². The van der Waals surface area contributed by atoms with Crippen molar-refractivity contribution in [2.24, 2.45) is 0 Å². The standard InChI is InChI=1S/C14H13NO5S/c1-20-12-7-8-14(15(16)17)11(9-12)10-21(18,19)13-5-3-2-4-6-13/h2-9H,10H2,1H3. The van der Waals surface area contributed by atoms with Crippen LogP contribution in [0.4, 0.5) is 5.69 Å². The number of methoxy groups -OCH3 is 1. The molecule has 0 aliphatic rings. The molecule has 0 aromatic heterocycles. The molecule has 0 saturated heterocycles. The fraction of sp³-hybridized carbons (Fsp3) is 0.143. The first-order valence-corrected chi connectivity index (χ1v) is 7.68. The highest BCUT2D eigenvalue weighted by atomic mass is 32.2. The molecule has 0 bridgehead atoms. The normalized spacial score (nSPS) is 11.1. The summed E-state index contributed by atoms with van der Waals surface area (Å²) in [5.41, 5.74) is -0.140. The van der Waals surface area contributed by atoms with Crippen LogP contribution in [0.25, 0.3) is 0 Å². The Hall–Kier alpha value is -2.41. The lowest BCUT2D eigenvalue weighted by Gasteiger charge is -2.07. The van der Waals surface area contributed by atoms with Crippen molar-refractivity contribution in [1.82, 2.24) is 0 Å². The molecule has 0 aliphatic carbocycles. The highest BCUT2D eigenvalue weighted by molar-refractivity contribution is 7.90. The van der Waals surface area contributed by atoms with Crippen molar-refractivity contribution in [2.45, 2.75) is 10.6 Å². The molecule has 0 N–H and O–H groups in total. The average molecular weight is 307 g/mol. The zero-order chi connectivity index (χ0) is 15.5. The molecule has 0 spiro atoms. The molecule has 0 fully saturated rings. The molecule has 0 atom stereocenters. The van der Waals surface area contributed by atoms with E-state index in [1.165, 1.54) is 37.4 Å². The van der Waals surface area contributed by atoms with Crippen LogP contribution in [0.15, 0.2) is 53.4 Å². The van der Waals surface area contributed by atoms with E-state index in [2.05, 4.69) is 0 Å². The van der Waals surface area contributed by atoms with E-state index >= 15 is 0 Å². The molecule has 21 heavy (non-hydrogen) atoms. The van der Waals surface area contributed by atoms with Crippen molar-refractivity contribution in [2.75, 3.05) is 7.11 Å². The minimum atomic E-state index is -3.65. The molecule has 110 valence electrons. The Labute approximate surface area is 122 Å². The third kappa shape index (κ3) is 3.38. The van der Waals surface area contributed by atoms with Crippen molar-refractivity contribution < 1.29 is 18.1 Å². The van der Waals surface area contributed by atoms with E-state index in [1.54, 1.807) is 18.2 Å². The Bertz CT molecular complexity index is 756. The van der Waals surface area contributed by atoms with Crippen molar-refractivity contribution in [3.8, 4) is 5.75 Å². The molecule has 7 heteroatoms. The second-order valence-corrected chi connectivity index (χ2v) is 6.31. The third-order valence-electron chi connectivity index (χ3n) is 2.93. The van der Waals surface area contributed by atoms with E-state index in [1.807, 2.05) is 0 Å². The lowest BCUT2D eigenvalue weighted by Crippen LogP contribution is -2.07. The molecular weight excluding hydrogens is 294 g/mol. The number of sulfone groups is 1. The van der Waals surface area contributed by atoms with Gasteiger partial charge in [-0.15, -0.1) is 0 Å². The zero-order valence-corrected chi connectivity index (χ0v) is 12.0. The number of benzene rings is 2. The summed E-state index contributed by atoms with van der Waals surface area (Å²) in [6, 6.07) is 11.9. The van der Waals surface area contributed by atoms with E-state index in [-0.39, 0.29) is 16.1 Å². The Morgan fingerprint density at radius 3 is 2.38 bits per heavy atom. The van der Waals surface area contributed by atoms with Crippen LogP contribution in [-0.2, 0) is 15.6 Å². The summed E-state index contributed by atoms with van der Waals surface area (Å²) in [5, 5.41) is 11.0. The summed E-state index contributed by atoms with van der Waals surface area (Å²) in [5.74, 6) is -0.0799. The zero-order valence-electron chi connectivity index (χ0n) is 11.2. The van der Waals surface area contributed by atoms with Crippen molar-refractivity contribution in [1.29, 1.82) is 0 Å². The number of nitro benzene ring substituents is 1. The van der Waals surface area contributed by atoms with Gasteiger partial charge in [-0.25, -0.2) is 8.42 Å². The number of nitrogens with zero attached hydrogens (tertiary/aromatic N) is 1.